The zero-order chi connectivity index (χ0) is 11.6. The number of hydrogen-bond donors (Lipinski definition) is 0. The largest absolute Gasteiger partial charge is 0.487 e. The first-order valence-corrected chi connectivity index (χ1v) is 5.78. The lowest BCUT2D eigenvalue weighted by Gasteiger charge is -2.24. The summed E-state index contributed by atoms with van der Waals surface area (Å²) >= 11 is 0. The molecule has 0 saturated carbocycles. The third-order valence-corrected chi connectivity index (χ3v) is 2.97. The van der Waals surface area contributed by atoms with Crippen LogP contribution in [0.4, 0.5) is 0 Å². The maximum atomic E-state index is 8.70. The average molecular weight is 215 g/mol. The van der Waals surface area contributed by atoms with Crippen molar-refractivity contribution in [3.05, 3.63) is 29.3 Å². The van der Waals surface area contributed by atoms with Crippen LogP contribution in [-0.4, -0.2) is 5.60 Å². The van der Waals surface area contributed by atoms with Gasteiger partial charge in [-0.05, 0) is 56.4 Å². The summed E-state index contributed by atoms with van der Waals surface area (Å²) in [5.41, 5.74) is 2.46. The van der Waals surface area contributed by atoms with Crippen LogP contribution in [0.25, 0.3) is 0 Å². The van der Waals surface area contributed by atoms with E-state index < -0.39 is 5.60 Å². The third kappa shape index (κ3) is 2.36. The van der Waals surface area contributed by atoms with Crippen molar-refractivity contribution in [3.63, 3.8) is 0 Å². The van der Waals surface area contributed by atoms with E-state index >= 15 is 0 Å². The summed E-state index contributed by atoms with van der Waals surface area (Å²) in [5.74, 6) is 0.890. The molecular formula is C14H17NO. The van der Waals surface area contributed by atoms with Crippen LogP contribution in [0.1, 0.15) is 37.8 Å². The number of hydrogen-bond acceptors (Lipinski definition) is 2. The van der Waals surface area contributed by atoms with Crippen LogP contribution >= 0.6 is 0 Å². The third-order valence-electron chi connectivity index (χ3n) is 2.97. The summed E-state index contributed by atoms with van der Waals surface area (Å²) < 4.78 is 5.84. The van der Waals surface area contributed by atoms with Crippen LogP contribution in [0.2, 0.25) is 0 Å². The summed E-state index contributed by atoms with van der Waals surface area (Å²) in [6.45, 7) is 3.90. The molecule has 0 bridgehead atoms. The smallest absolute Gasteiger partial charge is 0.120 e. The van der Waals surface area contributed by atoms with E-state index in [-0.39, 0.29) is 0 Å². The van der Waals surface area contributed by atoms with E-state index in [1.807, 2.05) is 19.9 Å². The van der Waals surface area contributed by atoms with Crippen LogP contribution in [0.15, 0.2) is 18.2 Å². The van der Waals surface area contributed by atoms with Crippen molar-refractivity contribution in [1.29, 1.82) is 5.26 Å². The summed E-state index contributed by atoms with van der Waals surface area (Å²) in [7, 11) is 0. The standard InChI is InChI=1S/C14H17NO/c1-14(2,8-9-15)16-13-7-6-11-4-3-5-12(11)10-13/h6-7,10H,3-5,8H2,1-2H3. The van der Waals surface area contributed by atoms with E-state index in [2.05, 4.69) is 18.2 Å². The first-order valence-electron chi connectivity index (χ1n) is 5.78. The van der Waals surface area contributed by atoms with Gasteiger partial charge < -0.3 is 4.74 Å². The molecular weight excluding hydrogens is 198 g/mol. The molecule has 84 valence electrons. The highest BCUT2D eigenvalue weighted by Gasteiger charge is 2.20. The molecule has 0 radical (unpaired) electrons. The Bertz CT molecular complexity index is 429. The number of nitriles is 1. The quantitative estimate of drug-likeness (QED) is 0.775. The molecule has 0 unspecified atom stereocenters. The molecule has 0 spiro atoms. The van der Waals surface area contributed by atoms with Gasteiger partial charge in [0, 0.05) is 0 Å². The fourth-order valence-electron chi connectivity index (χ4n) is 2.16. The monoisotopic (exact) mass is 215 g/mol. The topological polar surface area (TPSA) is 33.0 Å². The lowest BCUT2D eigenvalue weighted by atomic mass is 10.1. The van der Waals surface area contributed by atoms with E-state index in [9.17, 15) is 0 Å². The number of ether oxygens (including phenoxy) is 1. The molecule has 0 aliphatic heterocycles. The van der Waals surface area contributed by atoms with Crippen LogP contribution in [0.5, 0.6) is 5.75 Å². The van der Waals surface area contributed by atoms with E-state index in [4.69, 9.17) is 10.00 Å². The zero-order valence-electron chi connectivity index (χ0n) is 9.92. The van der Waals surface area contributed by atoms with Crippen molar-refractivity contribution in [2.45, 2.75) is 45.1 Å². The molecule has 1 aliphatic rings. The molecule has 0 atom stereocenters. The van der Waals surface area contributed by atoms with Gasteiger partial charge in [-0.25, -0.2) is 0 Å². The Morgan fingerprint density at radius 2 is 2.06 bits per heavy atom. The lowest BCUT2D eigenvalue weighted by molar-refractivity contribution is 0.115. The molecule has 2 rings (SSSR count). The maximum Gasteiger partial charge on any atom is 0.120 e. The fourth-order valence-corrected chi connectivity index (χ4v) is 2.16. The number of benzene rings is 1. The molecule has 2 heteroatoms. The lowest BCUT2D eigenvalue weighted by Crippen LogP contribution is -2.27. The predicted octanol–water partition coefficient (Wildman–Crippen LogP) is 3.25. The molecule has 0 aromatic heterocycles. The van der Waals surface area contributed by atoms with Crippen molar-refractivity contribution < 1.29 is 4.74 Å². The molecule has 0 saturated heterocycles. The minimum atomic E-state index is -0.401. The van der Waals surface area contributed by atoms with Crippen LogP contribution in [0, 0.1) is 11.3 Å². The SMILES string of the molecule is CC(C)(CC#N)Oc1ccc2c(c1)CCC2. The highest BCUT2D eigenvalue weighted by atomic mass is 16.5. The van der Waals surface area contributed by atoms with Crippen molar-refractivity contribution >= 4 is 0 Å². The Hall–Kier alpha value is -1.49. The van der Waals surface area contributed by atoms with Gasteiger partial charge in [-0.1, -0.05) is 6.07 Å². The maximum absolute atomic E-state index is 8.70. The van der Waals surface area contributed by atoms with Crippen molar-refractivity contribution in [3.8, 4) is 11.8 Å². The van der Waals surface area contributed by atoms with Crippen LogP contribution in [-0.2, 0) is 12.8 Å². The van der Waals surface area contributed by atoms with Gasteiger partial charge in [-0.3, -0.25) is 0 Å². The van der Waals surface area contributed by atoms with Crippen molar-refractivity contribution in [1.82, 2.24) is 0 Å². The fraction of sp³-hybridized carbons (Fsp3) is 0.500. The highest BCUT2D eigenvalue weighted by Crippen LogP contribution is 2.28. The Morgan fingerprint density at radius 3 is 2.81 bits per heavy atom. The molecule has 0 N–H and O–H groups in total. The molecule has 0 fully saturated rings. The molecule has 1 aliphatic carbocycles. The second-order valence-corrected chi connectivity index (χ2v) is 4.98. The van der Waals surface area contributed by atoms with Gasteiger partial charge in [0.25, 0.3) is 0 Å². The first-order chi connectivity index (χ1) is 7.61. The van der Waals surface area contributed by atoms with Gasteiger partial charge in [0.1, 0.15) is 11.4 Å². The minimum Gasteiger partial charge on any atom is -0.487 e. The van der Waals surface area contributed by atoms with Gasteiger partial charge in [0.15, 0.2) is 0 Å². The number of rotatable bonds is 3. The molecule has 0 amide bonds. The molecule has 1 aromatic carbocycles. The van der Waals surface area contributed by atoms with Crippen molar-refractivity contribution in [2.24, 2.45) is 0 Å². The second-order valence-electron chi connectivity index (χ2n) is 4.98. The second kappa shape index (κ2) is 4.17. The van der Waals surface area contributed by atoms with Crippen molar-refractivity contribution in [2.75, 3.05) is 0 Å². The Morgan fingerprint density at radius 1 is 1.31 bits per heavy atom. The van der Waals surface area contributed by atoms with Gasteiger partial charge >= 0.3 is 0 Å². The number of aryl methyl sites for hydroxylation is 2. The van der Waals surface area contributed by atoms with E-state index in [0.29, 0.717) is 6.42 Å². The molecule has 16 heavy (non-hydrogen) atoms. The minimum absolute atomic E-state index is 0.401. The summed E-state index contributed by atoms with van der Waals surface area (Å²) in [4.78, 5) is 0. The Labute approximate surface area is 96.9 Å². The summed E-state index contributed by atoms with van der Waals surface area (Å²) in [5, 5.41) is 8.70. The van der Waals surface area contributed by atoms with Crippen LogP contribution < -0.4 is 4.74 Å². The molecule has 0 heterocycles. The summed E-state index contributed by atoms with van der Waals surface area (Å²) in [6, 6.07) is 8.45. The van der Waals surface area contributed by atoms with E-state index in [1.54, 1.807) is 0 Å². The first kappa shape index (κ1) is 11.0. The van der Waals surface area contributed by atoms with E-state index in [0.717, 1.165) is 12.2 Å². The number of nitrogens with zero attached hydrogens (tertiary/aromatic N) is 1. The average Bonchev–Trinajstić information content (AvgIpc) is 2.63. The summed E-state index contributed by atoms with van der Waals surface area (Å²) in [6.07, 6.45) is 4.01. The normalized spacial score (nSPS) is 14.3. The Kier molecular flexibility index (Phi) is 2.87. The molecule has 2 nitrogen and oxygen atoms in total. The van der Waals surface area contributed by atoms with Gasteiger partial charge in [-0.15, -0.1) is 0 Å². The van der Waals surface area contributed by atoms with Gasteiger partial charge in [-0.2, -0.15) is 5.26 Å². The van der Waals surface area contributed by atoms with E-state index in [1.165, 1.54) is 24.0 Å². The number of fused-ring (bicyclic) bond motifs is 1. The molecule has 1 aromatic rings. The predicted molar refractivity (Wildman–Crippen MR) is 63.4 cm³/mol. The zero-order valence-corrected chi connectivity index (χ0v) is 9.92. The van der Waals surface area contributed by atoms with Gasteiger partial charge in [0.2, 0.25) is 0 Å². The highest BCUT2D eigenvalue weighted by molar-refractivity contribution is 5.38. The van der Waals surface area contributed by atoms with Crippen LogP contribution in [0.3, 0.4) is 0 Å². The Balaban J connectivity index is 2.14. The van der Waals surface area contributed by atoms with Gasteiger partial charge in [0.05, 0.1) is 12.5 Å².